The van der Waals surface area contributed by atoms with Crippen LogP contribution in [-0.2, 0) is 33.2 Å². The van der Waals surface area contributed by atoms with E-state index in [9.17, 15) is 0 Å². The predicted octanol–water partition coefficient (Wildman–Crippen LogP) is 19.2. The summed E-state index contributed by atoms with van der Waals surface area (Å²) in [5.74, 6) is 3.66. The first-order chi connectivity index (χ1) is 32.0. The Morgan fingerprint density at radius 1 is 0.277 bits per heavy atom. The minimum atomic E-state index is -0.289. The van der Waals surface area contributed by atoms with E-state index >= 15 is 0 Å². The van der Waals surface area contributed by atoms with Gasteiger partial charge in [0.1, 0.15) is 23.7 Å². The van der Waals surface area contributed by atoms with Crippen molar-refractivity contribution >= 4 is 0 Å². The Morgan fingerprint density at radius 3 is 0.785 bits per heavy atom. The van der Waals surface area contributed by atoms with Crippen molar-refractivity contribution in [1.82, 2.24) is 0 Å². The highest BCUT2D eigenvalue weighted by Gasteiger charge is 2.21. The molecule has 0 saturated carbocycles. The minimum absolute atomic E-state index is 0.107. The van der Waals surface area contributed by atoms with Gasteiger partial charge >= 0.3 is 0 Å². The first kappa shape index (κ1) is 63.6. The zero-order valence-electron chi connectivity index (χ0n) is 45.1. The molecule has 0 heterocycles. The Morgan fingerprint density at radius 2 is 0.508 bits per heavy atom. The molecule has 2 atom stereocenters. The second-order valence-electron chi connectivity index (χ2n) is 19.1. The number of rotatable bonds is 54. The molecule has 2 unspecified atom stereocenters. The van der Waals surface area contributed by atoms with Gasteiger partial charge in [-0.15, -0.1) is 0 Å². The van der Waals surface area contributed by atoms with Crippen molar-refractivity contribution in [2.45, 2.75) is 312 Å². The molecule has 0 aromatic rings. The van der Waals surface area contributed by atoms with E-state index in [0.29, 0.717) is 13.2 Å². The summed E-state index contributed by atoms with van der Waals surface area (Å²) in [5, 5.41) is 0. The second-order valence-corrected chi connectivity index (χ2v) is 19.1. The Balaban J connectivity index is 5.90. The molecule has 0 saturated heterocycles. The van der Waals surface area contributed by atoms with Crippen LogP contribution in [0.2, 0.25) is 0 Å². The van der Waals surface area contributed by atoms with Crippen molar-refractivity contribution in [2.75, 3.05) is 40.0 Å². The highest BCUT2D eigenvalue weighted by atomic mass is 16.7. The van der Waals surface area contributed by atoms with Crippen LogP contribution >= 0.6 is 0 Å². The first-order valence-electron chi connectivity index (χ1n) is 28.8. The van der Waals surface area contributed by atoms with E-state index in [0.717, 1.165) is 87.6 Å². The van der Waals surface area contributed by atoms with Gasteiger partial charge in [0.2, 0.25) is 0 Å². The van der Waals surface area contributed by atoms with Gasteiger partial charge in [-0.25, -0.2) is 0 Å². The van der Waals surface area contributed by atoms with E-state index in [1.807, 2.05) is 0 Å². The van der Waals surface area contributed by atoms with Crippen LogP contribution in [0.5, 0.6) is 0 Å². The lowest BCUT2D eigenvalue weighted by atomic mass is 10.1. The molecule has 0 aliphatic heterocycles. The maximum atomic E-state index is 6.62. The molecule has 0 aliphatic carbocycles. The molecular weight excluding hydrogens is 809 g/mol. The largest absolute Gasteiger partial charge is 0.494 e. The average molecular weight is 924 g/mol. The zero-order valence-corrected chi connectivity index (χ0v) is 45.1. The molecule has 0 aromatic heterocycles. The fraction of sp³-hybridized carbons (Fsp3) is 0.931. The van der Waals surface area contributed by atoms with Gasteiger partial charge in [0.15, 0.2) is 25.1 Å². The maximum Gasteiger partial charge on any atom is 0.162 e. The molecule has 0 rings (SSSR count). The Kier molecular flexibility index (Phi) is 50.8. The summed E-state index contributed by atoms with van der Waals surface area (Å²) >= 11 is 0. The van der Waals surface area contributed by atoms with Crippen LogP contribution in [0.15, 0.2) is 23.0 Å². The van der Waals surface area contributed by atoms with E-state index in [2.05, 4.69) is 55.4 Å². The molecular formula is C58H114O7. The second kappa shape index (κ2) is 51.9. The normalized spacial score (nSPS) is 13.4. The Bertz CT molecular complexity index is 934. The molecule has 0 aliphatic rings. The van der Waals surface area contributed by atoms with Crippen molar-refractivity contribution < 1.29 is 33.2 Å². The van der Waals surface area contributed by atoms with Crippen molar-refractivity contribution in [3.8, 4) is 0 Å². The summed E-state index contributed by atoms with van der Waals surface area (Å²) in [6.45, 7) is 20.9. The minimum Gasteiger partial charge on any atom is -0.494 e. The van der Waals surface area contributed by atoms with Crippen LogP contribution < -0.4 is 0 Å². The molecule has 0 spiro atoms. The molecule has 0 bridgehead atoms. The van der Waals surface area contributed by atoms with Crippen LogP contribution in [0.25, 0.3) is 0 Å². The lowest BCUT2D eigenvalue weighted by molar-refractivity contribution is -0.160. The molecule has 0 aromatic carbocycles. The third-order valence-electron chi connectivity index (χ3n) is 12.7. The van der Waals surface area contributed by atoms with E-state index in [1.54, 1.807) is 0 Å². The van der Waals surface area contributed by atoms with Gasteiger partial charge in [-0.1, -0.05) is 234 Å². The third-order valence-corrected chi connectivity index (χ3v) is 12.7. The van der Waals surface area contributed by atoms with E-state index < -0.39 is 0 Å². The molecule has 0 radical (unpaired) electrons. The number of allylic oxidation sites excluding steroid dienone is 2. The van der Waals surface area contributed by atoms with Gasteiger partial charge < -0.3 is 33.2 Å². The van der Waals surface area contributed by atoms with E-state index in [4.69, 9.17) is 33.2 Å². The van der Waals surface area contributed by atoms with Crippen LogP contribution in [0.1, 0.15) is 299 Å². The summed E-state index contributed by atoms with van der Waals surface area (Å²) in [4.78, 5) is 0. The van der Waals surface area contributed by atoms with Crippen molar-refractivity contribution in [2.24, 2.45) is 0 Å². The molecule has 7 heteroatoms. The highest BCUT2D eigenvalue weighted by molar-refractivity contribution is 5.08. The SMILES string of the molecule is CCCCCCCCCCC(OCCCCCCC)=C(OCCCCCCC)C(C)OCOCOC(C)C(OCCCCCCC)=C(CCCCCCCCCC)OCCCCCCC. The van der Waals surface area contributed by atoms with E-state index in [1.165, 1.54) is 193 Å². The number of hydrogen-bond donors (Lipinski definition) is 0. The number of hydrogen-bond acceptors (Lipinski definition) is 7. The van der Waals surface area contributed by atoms with Crippen LogP contribution in [0.4, 0.5) is 0 Å². The Hall–Kier alpha value is -1.44. The standard InChI is InChI=1S/C58H114O7/c1-9-15-21-27-29-31-33-39-45-55(60-47-41-35-23-17-11-3)57(62-49-43-37-25-19-13-5)53(7)64-51-59-52-65-54(8)58(63-50-44-38-26-20-14-6)56(61-48-42-36-24-18-12-4)46-40-34-32-30-28-22-16-10-2/h53-54H,9-52H2,1-8H3. The molecule has 7 nitrogen and oxygen atoms in total. The topological polar surface area (TPSA) is 64.6 Å². The summed E-state index contributed by atoms with van der Waals surface area (Å²) in [7, 11) is 0. The highest BCUT2D eigenvalue weighted by Crippen LogP contribution is 2.25. The number of unbranched alkanes of at least 4 members (excludes halogenated alkanes) is 30. The maximum absolute atomic E-state index is 6.62. The van der Waals surface area contributed by atoms with E-state index in [-0.39, 0.29) is 25.8 Å². The lowest BCUT2D eigenvalue weighted by Crippen LogP contribution is -2.22. The van der Waals surface area contributed by atoms with Gasteiger partial charge in [-0.3, -0.25) is 0 Å². The lowest BCUT2D eigenvalue weighted by Gasteiger charge is -2.24. The fourth-order valence-corrected chi connectivity index (χ4v) is 8.28. The van der Waals surface area contributed by atoms with Crippen molar-refractivity contribution in [1.29, 1.82) is 0 Å². The summed E-state index contributed by atoms with van der Waals surface area (Å²) < 4.78 is 45.3. The van der Waals surface area contributed by atoms with Gasteiger partial charge in [0, 0.05) is 12.8 Å². The zero-order chi connectivity index (χ0) is 47.5. The molecule has 0 amide bonds. The number of ether oxygens (including phenoxy) is 7. The summed E-state index contributed by atoms with van der Waals surface area (Å²) in [6, 6.07) is 0. The molecule has 0 fully saturated rings. The molecule has 0 N–H and O–H groups in total. The molecule has 65 heavy (non-hydrogen) atoms. The van der Waals surface area contributed by atoms with Crippen LogP contribution in [-0.4, -0.2) is 52.2 Å². The van der Waals surface area contributed by atoms with Gasteiger partial charge in [0.05, 0.1) is 26.4 Å². The van der Waals surface area contributed by atoms with Crippen molar-refractivity contribution in [3.63, 3.8) is 0 Å². The van der Waals surface area contributed by atoms with Gasteiger partial charge in [-0.2, -0.15) is 0 Å². The fourth-order valence-electron chi connectivity index (χ4n) is 8.28. The Labute approximate surface area is 406 Å². The molecule has 388 valence electrons. The predicted molar refractivity (Wildman–Crippen MR) is 279 cm³/mol. The smallest absolute Gasteiger partial charge is 0.162 e. The summed E-state index contributed by atoms with van der Waals surface area (Å²) in [6.07, 6.45) is 46.0. The third kappa shape index (κ3) is 41.3. The van der Waals surface area contributed by atoms with Crippen LogP contribution in [0.3, 0.4) is 0 Å². The quantitative estimate of drug-likeness (QED) is 0.0342. The summed E-state index contributed by atoms with van der Waals surface area (Å²) in [5.41, 5.74) is 0. The average Bonchev–Trinajstić information content (AvgIpc) is 3.31. The first-order valence-corrected chi connectivity index (χ1v) is 28.8. The monoisotopic (exact) mass is 923 g/mol. The van der Waals surface area contributed by atoms with Crippen molar-refractivity contribution in [3.05, 3.63) is 23.0 Å². The van der Waals surface area contributed by atoms with Crippen LogP contribution in [0, 0.1) is 0 Å². The van der Waals surface area contributed by atoms with Gasteiger partial charge in [-0.05, 0) is 52.4 Å². The van der Waals surface area contributed by atoms with Gasteiger partial charge in [0.25, 0.3) is 0 Å².